The number of hydrogen-bond donors (Lipinski definition) is 2. The molecule has 4 N–H and O–H groups in total. The number of nitrogens with zero attached hydrogens (tertiary/aromatic N) is 1. The first-order chi connectivity index (χ1) is 6.56. The summed E-state index contributed by atoms with van der Waals surface area (Å²) in [7, 11) is 0. The van der Waals surface area contributed by atoms with Crippen LogP contribution in [0, 0.1) is 13.8 Å². The van der Waals surface area contributed by atoms with Crippen LogP contribution in [0.15, 0.2) is 6.07 Å². The molecule has 1 heterocycles. The van der Waals surface area contributed by atoms with Gasteiger partial charge in [0.1, 0.15) is 5.82 Å². The Labute approximate surface area is 85.5 Å². The number of pyridine rings is 1. The van der Waals surface area contributed by atoms with Crippen molar-refractivity contribution in [1.82, 2.24) is 4.98 Å². The van der Waals surface area contributed by atoms with Crippen LogP contribution in [0.25, 0.3) is 0 Å². The van der Waals surface area contributed by atoms with E-state index in [0.29, 0.717) is 5.82 Å². The minimum atomic E-state index is 0.0214. The van der Waals surface area contributed by atoms with E-state index in [2.05, 4.69) is 11.9 Å². The minimum Gasteiger partial charge on any atom is -0.383 e. The summed E-state index contributed by atoms with van der Waals surface area (Å²) in [5.41, 5.74) is 15.0. The van der Waals surface area contributed by atoms with Crippen molar-refractivity contribution in [3.8, 4) is 0 Å². The molecule has 3 heteroatoms. The standard InChI is InChI=1S/C11H19N3/c1-4-5-9(12)10-7(2)6-8(3)14-11(10)13/h6,9H,4-5,12H2,1-3H3,(H2,13,14)/t9-/m0/s1. The maximum atomic E-state index is 6.04. The van der Waals surface area contributed by atoms with E-state index in [9.17, 15) is 0 Å². The molecule has 0 bridgehead atoms. The molecule has 0 aliphatic carbocycles. The monoisotopic (exact) mass is 193 g/mol. The molecular weight excluding hydrogens is 174 g/mol. The third kappa shape index (κ3) is 2.23. The maximum Gasteiger partial charge on any atom is 0.128 e. The van der Waals surface area contributed by atoms with E-state index < -0.39 is 0 Å². The molecule has 1 aromatic rings. The Kier molecular flexibility index (Phi) is 3.47. The average molecular weight is 193 g/mol. The fraction of sp³-hybridized carbons (Fsp3) is 0.545. The van der Waals surface area contributed by atoms with Crippen LogP contribution in [0.2, 0.25) is 0 Å². The van der Waals surface area contributed by atoms with E-state index in [1.807, 2.05) is 19.9 Å². The first kappa shape index (κ1) is 11.0. The maximum absolute atomic E-state index is 6.04. The van der Waals surface area contributed by atoms with E-state index in [-0.39, 0.29) is 6.04 Å². The molecule has 1 rings (SSSR count). The number of aryl methyl sites for hydroxylation is 2. The highest BCUT2D eigenvalue weighted by molar-refractivity contribution is 5.47. The zero-order valence-electron chi connectivity index (χ0n) is 9.17. The van der Waals surface area contributed by atoms with Crippen molar-refractivity contribution in [3.63, 3.8) is 0 Å². The summed E-state index contributed by atoms with van der Waals surface area (Å²) in [5.74, 6) is 0.587. The molecule has 0 amide bonds. The summed E-state index contributed by atoms with van der Waals surface area (Å²) >= 11 is 0. The van der Waals surface area contributed by atoms with Crippen molar-refractivity contribution in [2.45, 2.75) is 39.7 Å². The fourth-order valence-electron chi connectivity index (χ4n) is 1.81. The van der Waals surface area contributed by atoms with Gasteiger partial charge in [0, 0.05) is 17.3 Å². The quantitative estimate of drug-likeness (QED) is 0.772. The van der Waals surface area contributed by atoms with Crippen LogP contribution >= 0.6 is 0 Å². The Morgan fingerprint density at radius 1 is 1.43 bits per heavy atom. The van der Waals surface area contributed by atoms with Crippen LogP contribution in [0.3, 0.4) is 0 Å². The van der Waals surface area contributed by atoms with E-state index >= 15 is 0 Å². The average Bonchev–Trinajstić information content (AvgIpc) is 2.01. The number of aromatic nitrogens is 1. The Balaban J connectivity index is 3.07. The molecule has 1 aromatic heterocycles. The van der Waals surface area contributed by atoms with Gasteiger partial charge >= 0.3 is 0 Å². The number of nitrogen functional groups attached to an aromatic ring is 1. The highest BCUT2D eigenvalue weighted by atomic mass is 14.9. The lowest BCUT2D eigenvalue weighted by Gasteiger charge is -2.16. The Bertz CT molecular complexity index is 297. The number of rotatable bonds is 3. The zero-order chi connectivity index (χ0) is 10.7. The van der Waals surface area contributed by atoms with Gasteiger partial charge in [-0.05, 0) is 31.9 Å². The zero-order valence-corrected chi connectivity index (χ0v) is 9.17. The lowest BCUT2D eigenvalue weighted by molar-refractivity contribution is 0.634. The smallest absolute Gasteiger partial charge is 0.128 e. The summed E-state index contributed by atoms with van der Waals surface area (Å²) in [4.78, 5) is 4.24. The molecule has 1 atom stereocenters. The lowest BCUT2D eigenvalue weighted by Crippen LogP contribution is -2.15. The SMILES string of the molecule is CCC[C@H](N)c1c(C)cc(C)nc1N. The van der Waals surface area contributed by atoms with Crippen LogP contribution in [0.1, 0.15) is 42.6 Å². The van der Waals surface area contributed by atoms with Crippen LogP contribution in [-0.2, 0) is 0 Å². The molecule has 0 fully saturated rings. The number of hydrogen-bond acceptors (Lipinski definition) is 3. The van der Waals surface area contributed by atoms with E-state index in [1.165, 1.54) is 0 Å². The van der Waals surface area contributed by atoms with Crippen LogP contribution < -0.4 is 11.5 Å². The van der Waals surface area contributed by atoms with E-state index in [4.69, 9.17) is 11.5 Å². The molecule has 0 unspecified atom stereocenters. The molecule has 0 spiro atoms. The second-order valence-electron chi connectivity index (χ2n) is 3.77. The second kappa shape index (κ2) is 4.42. The molecular formula is C11H19N3. The Morgan fingerprint density at radius 2 is 2.07 bits per heavy atom. The predicted molar refractivity (Wildman–Crippen MR) is 60.0 cm³/mol. The van der Waals surface area contributed by atoms with Crippen molar-refractivity contribution >= 4 is 5.82 Å². The first-order valence-corrected chi connectivity index (χ1v) is 5.05. The largest absolute Gasteiger partial charge is 0.383 e. The summed E-state index contributed by atoms with van der Waals surface area (Å²) in [6.45, 7) is 6.10. The Hall–Kier alpha value is -1.09. The van der Waals surface area contributed by atoms with Crippen molar-refractivity contribution in [1.29, 1.82) is 0 Å². The molecule has 14 heavy (non-hydrogen) atoms. The third-order valence-electron chi connectivity index (χ3n) is 2.39. The molecule has 0 radical (unpaired) electrons. The van der Waals surface area contributed by atoms with Crippen molar-refractivity contribution < 1.29 is 0 Å². The number of nitrogens with two attached hydrogens (primary N) is 2. The molecule has 78 valence electrons. The summed E-state index contributed by atoms with van der Waals surface area (Å²) in [6, 6.07) is 2.05. The van der Waals surface area contributed by atoms with Gasteiger partial charge in [-0.25, -0.2) is 4.98 Å². The Morgan fingerprint density at radius 3 is 2.57 bits per heavy atom. The highest BCUT2D eigenvalue weighted by Crippen LogP contribution is 2.24. The van der Waals surface area contributed by atoms with Gasteiger partial charge in [-0.2, -0.15) is 0 Å². The summed E-state index contributed by atoms with van der Waals surface area (Å²) in [5, 5.41) is 0. The first-order valence-electron chi connectivity index (χ1n) is 5.05. The second-order valence-corrected chi connectivity index (χ2v) is 3.77. The van der Waals surface area contributed by atoms with E-state index in [0.717, 1.165) is 29.7 Å². The van der Waals surface area contributed by atoms with Gasteiger partial charge in [-0.15, -0.1) is 0 Å². The lowest BCUT2D eigenvalue weighted by atomic mass is 9.99. The molecule has 0 aliphatic heterocycles. The summed E-state index contributed by atoms with van der Waals surface area (Å²) < 4.78 is 0. The molecule has 0 saturated carbocycles. The normalized spacial score (nSPS) is 12.9. The van der Waals surface area contributed by atoms with Gasteiger partial charge in [0.25, 0.3) is 0 Å². The topological polar surface area (TPSA) is 64.9 Å². The molecule has 0 aromatic carbocycles. The van der Waals surface area contributed by atoms with Gasteiger partial charge in [0.2, 0.25) is 0 Å². The highest BCUT2D eigenvalue weighted by Gasteiger charge is 2.12. The minimum absolute atomic E-state index is 0.0214. The van der Waals surface area contributed by atoms with Gasteiger partial charge in [-0.1, -0.05) is 13.3 Å². The molecule has 3 nitrogen and oxygen atoms in total. The summed E-state index contributed by atoms with van der Waals surface area (Å²) in [6.07, 6.45) is 2.02. The molecule has 0 saturated heterocycles. The van der Waals surface area contributed by atoms with Crippen molar-refractivity contribution in [2.24, 2.45) is 5.73 Å². The van der Waals surface area contributed by atoms with Crippen LogP contribution in [0.4, 0.5) is 5.82 Å². The van der Waals surface area contributed by atoms with Crippen LogP contribution in [0.5, 0.6) is 0 Å². The van der Waals surface area contributed by atoms with Gasteiger partial charge < -0.3 is 11.5 Å². The van der Waals surface area contributed by atoms with Gasteiger partial charge in [-0.3, -0.25) is 0 Å². The predicted octanol–water partition coefficient (Wildman–Crippen LogP) is 2.08. The van der Waals surface area contributed by atoms with Crippen molar-refractivity contribution in [2.75, 3.05) is 5.73 Å². The van der Waals surface area contributed by atoms with Crippen molar-refractivity contribution in [3.05, 3.63) is 22.9 Å². The molecule has 0 aliphatic rings. The van der Waals surface area contributed by atoms with Crippen LogP contribution in [-0.4, -0.2) is 4.98 Å². The van der Waals surface area contributed by atoms with Gasteiger partial charge in [0.15, 0.2) is 0 Å². The van der Waals surface area contributed by atoms with Gasteiger partial charge in [0.05, 0.1) is 0 Å². The number of anilines is 1. The fourth-order valence-corrected chi connectivity index (χ4v) is 1.81. The third-order valence-corrected chi connectivity index (χ3v) is 2.39. The van der Waals surface area contributed by atoms with E-state index in [1.54, 1.807) is 0 Å².